The molecule has 3 aliphatic rings. The average molecular weight is 435 g/mol. The number of benzene rings is 1. The van der Waals surface area contributed by atoms with Crippen LogP contribution < -0.4 is 15.0 Å². The van der Waals surface area contributed by atoms with Gasteiger partial charge in [0.25, 0.3) is 11.8 Å². The van der Waals surface area contributed by atoms with Gasteiger partial charge in [-0.15, -0.1) is 5.10 Å². The van der Waals surface area contributed by atoms with Gasteiger partial charge in [0.05, 0.1) is 18.3 Å². The quantitative estimate of drug-likeness (QED) is 0.791. The molecule has 2 atom stereocenters. The minimum Gasteiger partial charge on any atom is -0.489 e. The van der Waals surface area contributed by atoms with Crippen molar-refractivity contribution in [2.75, 3.05) is 32.1 Å². The van der Waals surface area contributed by atoms with Gasteiger partial charge in [0, 0.05) is 13.6 Å². The lowest BCUT2D eigenvalue weighted by Crippen LogP contribution is -2.49. The summed E-state index contributed by atoms with van der Waals surface area (Å²) in [5, 5.41) is 7.23. The van der Waals surface area contributed by atoms with E-state index in [0.29, 0.717) is 18.0 Å². The van der Waals surface area contributed by atoms with E-state index in [9.17, 15) is 9.59 Å². The Morgan fingerprint density at radius 2 is 2.06 bits per heavy atom. The highest BCUT2D eigenvalue weighted by molar-refractivity contribution is 6.02. The lowest BCUT2D eigenvalue weighted by molar-refractivity contribution is -0.120. The summed E-state index contributed by atoms with van der Waals surface area (Å²) in [7, 11) is 3.74. The van der Waals surface area contributed by atoms with E-state index in [1.165, 1.54) is 10.5 Å². The second-order valence-electron chi connectivity index (χ2n) is 8.31. The summed E-state index contributed by atoms with van der Waals surface area (Å²) in [5.74, 6) is 0.718. The van der Waals surface area contributed by atoms with E-state index in [1.807, 2.05) is 22.9 Å². The fourth-order valence-electron chi connectivity index (χ4n) is 4.47. The second-order valence-corrected chi connectivity index (χ2v) is 8.31. The maximum atomic E-state index is 13.0. The minimum absolute atomic E-state index is 0.00812. The number of nitrogens with zero attached hydrogens (tertiary/aromatic N) is 5. The number of allylic oxidation sites excluding steroid dienone is 3. The van der Waals surface area contributed by atoms with E-state index in [-0.39, 0.29) is 24.4 Å². The topological polar surface area (TPSA) is 92.6 Å². The van der Waals surface area contributed by atoms with E-state index in [0.717, 1.165) is 25.2 Å². The molecular formula is C23H26N6O3. The van der Waals surface area contributed by atoms with Gasteiger partial charge in [-0.2, -0.15) is 0 Å². The van der Waals surface area contributed by atoms with Gasteiger partial charge in [-0.3, -0.25) is 14.5 Å². The molecule has 0 bridgehead atoms. The number of aromatic nitrogens is 3. The third-order valence-corrected chi connectivity index (χ3v) is 6.22. The molecule has 0 spiro atoms. The Morgan fingerprint density at radius 3 is 2.88 bits per heavy atom. The smallest absolute Gasteiger partial charge is 0.291 e. The van der Waals surface area contributed by atoms with Crippen LogP contribution in [0.2, 0.25) is 0 Å². The maximum absolute atomic E-state index is 13.0. The molecule has 5 rings (SSSR count). The zero-order valence-corrected chi connectivity index (χ0v) is 18.2. The molecule has 1 unspecified atom stereocenters. The van der Waals surface area contributed by atoms with Gasteiger partial charge in [-0.25, -0.2) is 9.67 Å². The van der Waals surface area contributed by atoms with Crippen LogP contribution in [0.15, 0.2) is 48.1 Å². The second kappa shape index (κ2) is 8.23. The van der Waals surface area contributed by atoms with Crippen LogP contribution >= 0.6 is 0 Å². The summed E-state index contributed by atoms with van der Waals surface area (Å²) in [6.07, 6.45) is 8.31. The number of amides is 2. The number of nitrogens with one attached hydrogen (secondary N) is 1. The number of hydrogen-bond donors (Lipinski definition) is 1. The third-order valence-electron chi connectivity index (χ3n) is 6.22. The molecule has 0 saturated carbocycles. The number of para-hydroxylation sites is 2. The highest BCUT2D eigenvalue weighted by atomic mass is 16.5. The van der Waals surface area contributed by atoms with Crippen molar-refractivity contribution in [1.29, 1.82) is 0 Å². The molecule has 3 heterocycles. The number of ether oxygens (including phenoxy) is 1. The van der Waals surface area contributed by atoms with Crippen LogP contribution in [-0.2, 0) is 11.3 Å². The molecule has 0 saturated heterocycles. The lowest BCUT2D eigenvalue weighted by Gasteiger charge is -2.34. The molecule has 1 aromatic carbocycles. The fourth-order valence-corrected chi connectivity index (χ4v) is 4.47. The first kappa shape index (κ1) is 20.4. The summed E-state index contributed by atoms with van der Waals surface area (Å²) in [6.45, 7) is 1.53. The Morgan fingerprint density at radius 1 is 1.22 bits per heavy atom. The molecule has 2 aliphatic heterocycles. The number of likely N-dealkylation sites (N-methyl/N-ethyl adjacent to an activating group) is 2. The van der Waals surface area contributed by atoms with Crippen LogP contribution in [0.5, 0.6) is 5.75 Å². The van der Waals surface area contributed by atoms with Crippen LogP contribution in [0.4, 0.5) is 5.69 Å². The minimum atomic E-state index is -0.829. The van der Waals surface area contributed by atoms with Crippen LogP contribution in [0.25, 0.3) is 0 Å². The van der Waals surface area contributed by atoms with Gasteiger partial charge in [0.2, 0.25) is 5.82 Å². The monoisotopic (exact) mass is 434 g/mol. The van der Waals surface area contributed by atoms with Crippen molar-refractivity contribution in [1.82, 2.24) is 25.0 Å². The molecule has 1 aliphatic carbocycles. The maximum Gasteiger partial charge on any atom is 0.291 e. The lowest BCUT2D eigenvalue weighted by atomic mass is 9.95. The van der Waals surface area contributed by atoms with Crippen LogP contribution in [-0.4, -0.2) is 64.8 Å². The number of carbonyl (C=O) groups is 2. The Labute approximate surface area is 186 Å². The summed E-state index contributed by atoms with van der Waals surface area (Å²) >= 11 is 0. The van der Waals surface area contributed by atoms with Crippen LogP contribution in [0, 0.1) is 0 Å². The highest BCUT2D eigenvalue weighted by Crippen LogP contribution is 2.33. The van der Waals surface area contributed by atoms with Gasteiger partial charge in [-0.1, -0.05) is 30.4 Å². The molecule has 32 heavy (non-hydrogen) atoms. The first-order valence-electron chi connectivity index (χ1n) is 10.8. The highest BCUT2D eigenvalue weighted by Gasteiger charge is 2.34. The SMILES string of the molecule is CN1C(=O)[C@@H](NC(=O)c2nc3n(n2)CCN(C)C3C2=CC=CCC2)COc2ccccc21. The number of anilines is 1. The zero-order chi connectivity index (χ0) is 22.2. The summed E-state index contributed by atoms with van der Waals surface area (Å²) in [5.41, 5.74) is 1.94. The van der Waals surface area contributed by atoms with Gasteiger partial charge in [0.1, 0.15) is 24.2 Å². The van der Waals surface area contributed by atoms with Crippen LogP contribution in [0.3, 0.4) is 0 Å². The number of carbonyl (C=O) groups excluding carboxylic acids is 2. The van der Waals surface area contributed by atoms with Gasteiger partial charge in [0.15, 0.2) is 0 Å². The molecule has 1 aromatic heterocycles. The third kappa shape index (κ3) is 3.58. The Hall–Kier alpha value is -3.46. The van der Waals surface area contributed by atoms with Crippen molar-refractivity contribution in [3.05, 3.63) is 59.7 Å². The number of hydrogen-bond acceptors (Lipinski definition) is 6. The summed E-state index contributed by atoms with van der Waals surface area (Å²) in [4.78, 5) is 34.3. The zero-order valence-electron chi connectivity index (χ0n) is 18.2. The van der Waals surface area contributed by atoms with Crippen molar-refractivity contribution in [2.45, 2.75) is 31.5 Å². The molecule has 2 amide bonds. The molecule has 9 heteroatoms. The van der Waals surface area contributed by atoms with E-state index in [4.69, 9.17) is 4.74 Å². The van der Waals surface area contributed by atoms with Crippen molar-refractivity contribution in [2.24, 2.45) is 0 Å². The van der Waals surface area contributed by atoms with Gasteiger partial charge < -0.3 is 15.0 Å². The number of fused-ring (bicyclic) bond motifs is 2. The first-order chi connectivity index (χ1) is 15.5. The van der Waals surface area contributed by atoms with E-state index in [1.54, 1.807) is 13.1 Å². The molecule has 2 aromatic rings. The van der Waals surface area contributed by atoms with Crippen molar-refractivity contribution < 1.29 is 14.3 Å². The Kier molecular flexibility index (Phi) is 5.26. The number of rotatable bonds is 3. The standard InChI is InChI=1S/C23H26N6O3/c1-27-12-13-29-21(19(27)15-8-4-3-5-9-15)25-20(26-29)22(30)24-16-14-32-18-11-7-6-10-17(18)28(2)23(16)31/h3-4,6-8,10-11,16,19H,5,9,12-14H2,1-2H3,(H,24,30)/t16-,19?/m0/s1. The largest absolute Gasteiger partial charge is 0.489 e. The van der Waals surface area contributed by atoms with Crippen molar-refractivity contribution >= 4 is 17.5 Å². The molecule has 1 N–H and O–H groups in total. The Bertz CT molecular complexity index is 1120. The molecular weight excluding hydrogens is 408 g/mol. The molecule has 0 fully saturated rings. The van der Waals surface area contributed by atoms with Gasteiger partial charge >= 0.3 is 0 Å². The average Bonchev–Trinajstić information content (AvgIpc) is 3.21. The van der Waals surface area contributed by atoms with Gasteiger partial charge in [-0.05, 0) is 37.6 Å². The van der Waals surface area contributed by atoms with Crippen molar-refractivity contribution in [3.8, 4) is 5.75 Å². The fraction of sp³-hybridized carbons (Fsp3) is 0.391. The summed E-state index contributed by atoms with van der Waals surface area (Å²) < 4.78 is 7.60. The molecule has 166 valence electrons. The predicted molar refractivity (Wildman–Crippen MR) is 118 cm³/mol. The Balaban J connectivity index is 1.37. The normalized spacial score (nSPS) is 23.0. The van der Waals surface area contributed by atoms with E-state index >= 15 is 0 Å². The molecule has 0 radical (unpaired) electrons. The van der Waals surface area contributed by atoms with Crippen molar-refractivity contribution in [3.63, 3.8) is 0 Å². The first-order valence-corrected chi connectivity index (χ1v) is 10.8. The van der Waals surface area contributed by atoms with Crippen LogP contribution in [0.1, 0.15) is 35.3 Å². The summed E-state index contributed by atoms with van der Waals surface area (Å²) in [6, 6.07) is 6.47. The molecule has 9 nitrogen and oxygen atoms in total. The van der Waals surface area contributed by atoms with E-state index < -0.39 is 11.9 Å². The van der Waals surface area contributed by atoms with E-state index in [2.05, 4.69) is 45.6 Å². The predicted octanol–water partition coefficient (Wildman–Crippen LogP) is 1.69.